The van der Waals surface area contributed by atoms with E-state index in [1.54, 1.807) is 59.5 Å². The van der Waals surface area contributed by atoms with E-state index in [0.29, 0.717) is 22.3 Å². The van der Waals surface area contributed by atoms with Crippen LogP contribution in [0.3, 0.4) is 0 Å². The van der Waals surface area contributed by atoms with Crippen LogP contribution in [0.1, 0.15) is 64.1 Å². The van der Waals surface area contributed by atoms with Crippen LogP contribution in [-0.2, 0) is 53.1 Å². The van der Waals surface area contributed by atoms with Crippen LogP contribution >= 0.6 is 0 Å². The number of carbonyl (C=O) groups excluding carboxylic acids is 6. The van der Waals surface area contributed by atoms with Crippen LogP contribution < -0.4 is 10.2 Å². The number of imide groups is 1. The summed E-state index contributed by atoms with van der Waals surface area (Å²) in [5.41, 5.74) is 0.297. The monoisotopic (exact) mass is 935 g/mol. The Morgan fingerprint density at radius 3 is 2.01 bits per heavy atom. The van der Waals surface area contributed by atoms with Crippen LogP contribution in [0.15, 0.2) is 133 Å². The Kier molecular flexibility index (Phi) is 14.2. The minimum atomic E-state index is -2.21. The lowest BCUT2D eigenvalue weighted by molar-refractivity contribution is -0.178. The molecule has 2 fully saturated rings. The average molecular weight is 936 g/mol. The van der Waals surface area contributed by atoms with Gasteiger partial charge in [0.1, 0.15) is 29.9 Å². The second kappa shape index (κ2) is 20.6. The third-order valence-electron chi connectivity index (χ3n) is 12.8. The van der Waals surface area contributed by atoms with Gasteiger partial charge in [0.05, 0.1) is 50.6 Å². The Hall–Kier alpha value is -7.84. The van der Waals surface area contributed by atoms with Crippen molar-refractivity contribution < 1.29 is 62.7 Å². The smallest absolute Gasteiger partial charge is 0.421 e. The van der Waals surface area contributed by atoms with Crippen LogP contribution in [-0.4, -0.2) is 98.1 Å². The lowest BCUT2D eigenvalue weighted by Crippen LogP contribution is -2.56. The van der Waals surface area contributed by atoms with Crippen molar-refractivity contribution in [1.82, 2.24) is 10.2 Å². The Morgan fingerprint density at radius 2 is 1.39 bits per heavy atom. The summed E-state index contributed by atoms with van der Waals surface area (Å²) >= 11 is 0. The molecule has 5 aromatic rings. The number of morpholine rings is 1. The molecule has 1 spiro atoms. The zero-order valence-corrected chi connectivity index (χ0v) is 37.9. The molecule has 0 aromatic heterocycles. The molecule has 0 bridgehead atoms. The number of hydrogen-bond donors (Lipinski definition) is 3. The van der Waals surface area contributed by atoms with E-state index in [1.165, 1.54) is 37.4 Å². The fourth-order valence-electron chi connectivity index (χ4n) is 9.80. The minimum absolute atomic E-state index is 0.00926. The summed E-state index contributed by atoms with van der Waals surface area (Å²) in [5, 5.41) is 24.9. The molecule has 16 heteroatoms. The van der Waals surface area contributed by atoms with Crippen LogP contribution in [0.2, 0.25) is 0 Å². The molecule has 3 N–H and O–H groups in total. The number of ether oxygens (including phenoxy) is 5. The molecule has 16 nitrogen and oxygen atoms in total. The number of aromatic hydroxyl groups is 1. The Balaban J connectivity index is 1.41. The summed E-state index contributed by atoms with van der Waals surface area (Å²) in [5.74, 6) is -1.70. The number of hydrogen-bond acceptors (Lipinski definition) is 14. The van der Waals surface area contributed by atoms with Gasteiger partial charge >= 0.3 is 24.0 Å². The second-order valence-electron chi connectivity index (χ2n) is 16.6. The highest BCUT2D eigenvalue weighted by Crippen LogP contribution is 2.66. The fraction of sp³-hybridized carbons (Fsp3) is 0.283. The van der Waals surface area contributed by atoms with Gasteiger partial charge in [-0.2, -0.15) is 0 Å². The van der Waals surface area contributed by atoms with Gasteiger partial charge in [0, 0.05) is 25.6 Å². The molecule has 2 saturated heterocycles. The van der Waals surface area contributed by atoms with Gasteiger partial charge in [0.15, 0.2) is 5.92 Å². The van der Waals surface area contributed by atoms with Gasteiger partial charge < -0.3 is 39.2 Å². The minimum Gasteiger partial charge on any atom is -0.508 e. The maximum absolute atomic E-state index is 16.3. The summed E-state index contributed by atoms with van der Waals surface area (Å²) in [6.07, 6.45) is -3.62. The van der Waals surface area contributed by atoms with Crippen molar-refractivity contribution >= 4 is 41.5 Å². The molecule has 7 atom stereocenters. The normalized spacial score (nSPS) is 21.9. The van der Waals surface area contributed by atoms with Gasteiger partial charge in [0.25, 0.3) is 0 Å². The van der Waals surface area contributed by atoms with Crippen molar-refractivity contribution in [1.29, 1.82) is 0 Å². The maximum Gasteiger partial charge on any atom is 0.421 e. The number of anilines is 1. The van der Waals surface area contributed by atoms with Crippen molar-refractivity contribution in [3.8, 4) is 17.6 Å². The number of cyclic esters (lactones) is 1. The van der Waals surface area contributed by atoms with Crippen molar-refractivity contribution in [3.05, 3.63) is 167 Å². The van der Waals surface area contributed by atoms with Gasteiger partial charge in [-0.05, 0) is 58.1 Å². The summed E-state index contributed by atoms with van der Waals surface area (Å²) in [7, 11) is 3.67. The lowest BCUT2D eigenvalue weighted by Gasteiger charge is -2.46. The SMILES string of the molecule is COCCOC(=O)N1C(=O)[C@@]2(c3cc(C#CCC(C(=O)OC)C(=O)OC)ccc31)[C@H](c1ccc(O)cc1)N1[C@H](c3ccccc3)[C@H](c3ccccc3)OC(=O)[C@H]1[C@@H]2C(=O)NC[C@H](O)c1ccccc1. The first-order chi connectivity index (χ1) is 33.5. The van der Waals surface area contributed by atoms with Gasteiger partial charge in [0.2, 0.25) is 11.8 Å². The van der Waals surface area contributed by atoms with Crippen molar-refractivity contribution in [2.45, 2.75) is 42.2 Å². The molecule has 3 aliphatic heterocycles. The highest BCUT2D eigenvalue weighted by Gasteiger charge is 2.75. The molecular formula is C53H49N3O13. The number of phenols is 1. The number of phenolic OH excluding ortho intramolecular Hbond substituents is 1. The zero-order chi connectivity index (χ0) is 48.8. The van der Waals surface area contributed by atoms with E-state index in [1.807, 2.05) is 48.5 Å². The van der Waals surface area contributed by atoms with Gasteiger partial charge in [-0.3, -0.25) is 28.9 Å². The highest BCUT2D eigenvalue weighted by atomic mass is 16.6. The third kappa shape index (κ3) is 8.91. The van der Waals surface area contributed by atoms with Gasteiger partial charge in [-0.25, -0.2) is 9.69 Å². The quantitative estimate of drug-likeness (QED) is 0.0445. The topological polar surface area (TPSA) is 208 Å². The Labute approximate surface area is 397 Å². The number of aliphatic hydroxyl groups is 1. The molecule has 3 heterocycles. The predicted molar refractivity (Wildman–Crippen MR) is 247 cm³/mol. The third-order valence-corrected chi connectivity index (χ3v) is 12.8. The van der Waals surface area contributed by atoms with Crippen molar-refractivity contribution in [2.24, 2.45) is 11.8 Å². The van der Waals surface area contributed by atoms with Crippen molar-refractivity contribution in [3.63, 3.8) is 0 Å². The highest BCUT2D eigenvalue weighted by molar-refractivity contribution is 6.23. The number of rotatable bonds is 13. The molecule has 69 heavy (non-hydrogen) atoms. The van der Waals surface area contributed by atoms with Crippen LogP contribution in [0.25, 0.3) is 0 Å². The van der Waals surface area contributed by atoms with Crippen LogP contribution in [0, 0.1) is 23.7 Å². The number of methoxy groups -OCH3 is 3. The summed E-state index contributed by atoms with van der Waals surface area (Å²) in [6, 6.07) is 33.7. The number of nitrogens with one attached hydrogen (secondary N) is 1. The lowest BCUT2D eigenvalue weighted by atomic mass is 9.65. The number of amides is 3. The first-order valence-electron chi connectivity index (χ1n) is 22.1. The first kappa shape index (κ1) is 47.6. The van der Waals surface area contributed by atoms with E-state index in [2.05, 4.69) is 17.2 Å². The van der Waals surface area contributed by atoms with Crippen LogP contribution in [0.5, 0.6) is 5.75 Å². The maximum atomic E-state index is 16.3. The van der Waals surface area contributed by atoms with E-state index < -0.39 is 83.4 Å². The average Bonchev–Trinajstić information content (AvgIpc) is 3.83. The zero-order valence-electron chi connectivity index (χ0n) is 37.9. The standard InChI is InChI=1S/C53H49N3O13/c1-65-28-29-68-52(64)55-40-27-22-32(14-13-21-38(48(60)66-2)49(61)67-3)30-39(40)53(51(55)63)42(47(59)54-31-41(58)33-15-7-4-8-16-33)44-50(62)69-45(35-19-11-6-12-20-35)43(34-17-9-5-10-18-34)56(44)46(53)36-23-25-37(57)26-24-36/h4-12,15-20,22-27,30,38,41-46,57-58H,21,28-29,31H2,1-3H3,(H,54,59)/t41-,42+,43+,44+,45-,46-,53+/m0/s1. The van der Waals surface area contributed by atoms with E-state index in [0.717, 1.165) is 19.1 Å². The molecule has 0 radical (unpaired) electrons. The summed E-state index contributed by atoms with van der Waals surface area (Å²) in [6.45, 7) is -0.595. The van der Waals surface area contributed by atoms with Gasteiger partial charge in [-0.1, -0.05) is 115 Å². The molecule has 0 saturated carbocycles. The van der Waals surface area contributed by atoms with E-state index in [4.69, 9.17) is 23.7 Å². The van der Waals surface area contributed by atoms with E-state index >= 15 is 14.4 Å². The molecular weight excluding hydrogens is 887 g/mol. The molecule has 5 aromatic carbocycles. The number of benzene rings is 5. The Morgan fingerprint density at radius 1 is 0.768 bits per heavy atom. The molecule has 354 valence electrons. The molecule has 3 amide bonds. The fourth-order valence-corrected chi connectivity index (χ4v) is 9.80. The number of esters is 3. The van der Waals surface area contributed by atoms with Crippen molar-refractivity contribution in [2.75, 3.05) is 46.0 Å². The summed E-state index contributed by atoms with van der Waals surface area (Å²) in [4.78, 5) is 89.4. The number of aliphatic hydroxyl groups excluding tert-OH is 1. The number of nitrogens with zero attached hydrogens (tertiary/aromatic N) is 2. The molecule has 0 aliphatic carbocycles. The van der Waals surface area contributed by atoms with E-state index in [9.17, 15) is 24.6 Å². The van der Waals surface area contributed by atoms with E-state index in [-0.39, 0.29) is 48.7 Å². The molecule has 3 aliphatic rings. The second-order valence-corrected chi connectivity index (χ2v) is 16.6. The number of carbonyl (C=O) groups is 6. The molecule has 0 unspecified atom stereocenters. The number of fused-ring (bicyclic) bond motifs is 3. The summed E-state index contributed by atoms with van der Waals surface area (Å²) < 4.78 is 26.9. The first-order valence-corrected chi connectivity index (χ1v) is 22.1. The van der Waals surface area contributed by atoms with Gasteiger partial charge in [-0.15, -0.1) is 0 Å². The predicted octanol–water partition coefficient (Wildman–Crippen LogP) is 5.39. The largest absolute Gasteiger partial charge is 0.508 e. The van der Waals surface area contributed by atoms with Crippen LogP contribution in [0.4, 0.5) is 10.5 Å². The Bertz CT molecular complexity index is 2760. The molecule has 8 rings (SSSR count).